The predicted octanol–water partition coefficient (Wildman–Crippen LogP) is 2.83. The molecule has 0 unspecified atom stereocenters. The number of nitrogens with zero attached hydrogens (tertiary/aromatic N) is 4. The van der Waals surface area contributed by atoms with E-state index in [-0.39, 0.29) is 17.1 Å². The molecule has 0 aliphatic carbocycles. The molecular formula is C22H16FN5O3. The minimum absolute atomic E-state index is 0.0491. The zero-order chi connectivity index (χ0) is 21.9. The number of hydrogen-bond donors (Lipinski definition) is 1. The average Bonchev–Trinajstić information content (AvgIpc) is 3.20. The van der Waals surface area contributed by atoms with Crippen LogP contribution in [0, 0.1) is 5.82 Å². The Morgan fingerprint density at radius 3 is 2.48 bits per heavy atom. The van der Waals surface area contributed by atoms with E-state index in [1.807, 2.05) is 30.3 Å². The van der Waals surface area contributed by atoms with Crippen molar-refractivity contribution in [1.29, 1.82) is 0 Å². The molecule has 0 saturated heterocycles. The maximum absolute atomic E-state index is 14.3. The summed E-state index contributed by atoms with van der Waals surface area (Å²) >= 11 is 0. The van der Waals surface area contributed by atoms with E-state index < -0.39 is 17.1 Å². The number of anilines is 1. The third-order valence-corrected chi connectivity index (χ3v) is 5.38. The maximum Gasteiger partial charge on any atom is 0.332 e. The monoisotopic (exact) mass is 417 g/mol. The Balaban J connectivity index is 2.07. The van der Waals surface area contributed by atoms with Gasteiger partial charge in [0, 0.05) is 30.6 Å². The first kappa shape index (κ1) is 18.7. The SMILES string of the molecule is Cn1c(N)c(-c2c3cc(F)ccc3nc3onc(-c4ccccc4)c23)c(=O)n(C)c1=O. The fourth-order valence-electron chi connectivity index (χ4n) is 3.78. The Morgan fingerprint density at radius 1 is 1.00 bits per heavy atom. The second kappa shape index (κ2) is 6.63. The quantitative estimate of drug-likeness (QED) is 0.473. The summed E-state index contributed by atoms with van der Waals surface area (Å²) < 4.78 is 21.9. The van der Waals surface area contributed by atoms with E-state index in [1.54, 1.807) is 0 Å². The molecule has 154 valence electrons. The van der Waals surface area contributed by atoms with Gasteiger partial charge in [0.15, 0.2) is 0 Å². The first-order valence-electron chi connectivity index (χ1n) is 9.38. The van der Waals surface area contributed by atoms with Crippen molar-refractivity contribution in [3.05, 3.63) is 75.2 Å². The molecule has 3 aromatic heterocycles. The van der Waals surface area contributed by atoms with E-state index in [0.29, 0.717) is 27.5 Å². The molecule has 0 aliphatic rings. The summed E-state index contributed by atoms with van der Waals surface area (Å²) in [4.78, 5) is 30.0. The molecular weight excluding hydrogens is 401 g/mol. The molecule has 31 heavy (non-hydrogen) atoms. The van der Waals surface area contributed by atoms with Crippen molar-refractivity contribution in [3.63, 3.8) is 0 Å². The van der Waals surface area contributed by atoms with Gasteiger partial charge in [0.2, 0.25) is 0 Å². The Bertz CT molecular complexity index is 1620. The summed E-state index contributed by atoms with van der Waals surface area (Å²) in [7, 11) is 2.83. The van der Waals surface area contributed by atoms with Crippen LogP contribution < -0.4 is 17.0 Å². The fourth-order valence-corrected chi connectivity index (χ4v) is 3.78. The molecule has 0 atom stereocenters. The van der Waals surface area contributed by atoms with Crippen LogP contribution in [0.3, 0.4) is 0 Å². The second-order valence-corrected chi connectivity index (χ2v) is 7.19. The van der Waals surface area contributed by atoms with Gasteiger partial charge in [-0.05, 0) is 18.2 Å². The minimum atomic E-state index is -0.612. The Hall–Kier alpha value is -4.27. The van der Waals surface area contributed by atoms with Crippen molar-refractivity contribution < 1.29 is 8.91 Å². The highest BCUT2D eigenvalue weighted by atomic mass is 19.1. The van der Waals surface area contributed by atoms with Crippen LogP contribution in [0.15, 0.2) is 62.6 Å². The third kappa shape index (κ3) is 2.67. The van der Waals surface area contributed by atoms with Crippen molar-refractivity contribution in [3.8, 4) is 22.4 Å². The molecule has 0 radical (unpaired) electrons. The van der Waals surface area contributed by atoms with Crippen molar-refractivity contribution in [2.75, 3.05) is 5.73 Å². The van der Waals surface area contributed by atoms with Crippen LogP contribution in [0.2, 0.25) is 0 Å². The predicted molar refractivity (Wildman–Crippen MR) is 115 cm³/mol. The molecule has 2 N–H and O–H groups in total. The average molecular weight is 417 g/mol. The summed E-state index contributed by atoms with van der Waals surface area (Å²) in [5.74, 6) is -0.556. The summed E-state index contributed by atoms with van der Waals surface area (Å²) in [5, 5.41) is 4.94. The standard InChI is InChI=1S/C22H16FN5O3/c1-27-19(24)17(21(29)28(2)22(27)30)15-13-10-12(23)8-9-14(13)25-20-16(15)18(26-31-20)11-6-4-3-5-7-11/h3-10H,24H2,1-2H3. The van der Waals surface area contributed by atoms with E-state index in [2.05, 4.69) is 10.1 Å². The Kier molecular flexibility index (Phi) is 4.01. The molecule has 5 aromatic rings. The van der Waals surface area contributed by atoms with Crippen LogP contribution >= 0.6 is 0 Å². The van der Waals surface area contributed by atoms with Gasteiger partial charge < -0.3 is 10.3 Å². The highest BCUT2D eigenvalue weighted by molar-refractivity contribution is 6.13. The first-order valence-corrected chi connectivity index (χ1v) is 9.38. The van der Waals surface area contributed by atoms with Crippen molar-refractivity contribution in [2.45, 2.75) is 0 Å². The van der Waals surface area contributed by atoms with Gasteiger partial charge in [-0.15, -0.1) is 0 Å². The van der Waals surface area contributed by atoms with Crippen LogP contribution in [-0.2, 0) is 14.1 Å². The molecule has 0 aliphatic heterocycles. The van der Waals surface area contributed by atoms with Gasteiger partial charge in [-0.25, -0.2) is 14.2 Å². The number of nitrogens with two attached hydrogens (primary N) is 1. The number of halogens is 1. The molecule has 0 spiro atoms. The Labute approximate surface area is 174 Å². The van der Waals surface area contributed by atoms with Crippen LogP contribution in [0.1, 0.15) is 0 Å². The van der Waals surface area contributed by atoms with E-state index in [1.165, 1.54) is 36.9 Å². The zero-order valence-electron chi connectivity index (χ0n) is 16.6. The highest BCUT2D eigenvalue weighted by Crippen LogP contribution is 2.40. The topological polar surface area (TPSA) is 109 Å². The lowest BCUT2D eigenvalue weighted by Crippen LogP contribution is -2.39. The second-order valence-electron chi connectivity index (χ2n) is 7.19. The van der Waals surface area contributed by atoms with Gasteiger partial charge in [-0.3, -0.25) is 13.9 Å². The summed E-state index contributed by atoms with van der Waals surface area (Å²) in [6.07, 6.45) is 0. The van der Waals surface area contributed by atoms with Crippen molar-refractivity contribution in [1.82, 2.24) is 19.3 Å². The lowest BCUT2D eigenvalue weighted by Gasteiger charge is -2.14. The Morgan fingerprint density at radius 2 is 1.74 bits per heavy atom. The highest BCUT2D eigenvalue weighted by Gasteiger charge is 2.25. The van der Waals surface area contributed by atoms with Gasteiger partial charge in [-0.2, -0.15) is 0 Å². The first-order chi connectivity index (χ1) is 14.9. The number of benzene rings is 2. The van der Waals surface area contributed by atoms with Crippen LogP contribution in [0.25, 0.3) is 44.4 Å². The molecule has 0 amide bonds. The molecule has 5 rings (SSSR count). The van der Waals surface area contributed by atoms with Crippen molar-refractivity contribution >= 4 is 27.8 Å². The van der Waals surface area contributed by atoms with E-state index in [4.69, 9.17) is 10.3 Å². The number of nitrogen functional groups attached to an aromatic ring is 1. The van der Waals surface area contributed by atoms with Gasteiger partial charge in [0.25, 0.3) is 11.3 Å². The minimum Gasteiger partial charge on any atom is -0.384 e. The maximum atomic E-state index is 14.3. The van der Waals surface area contributed by atoms with Gasteiger partial charge in [0.1, 0.15) is 17.3 Å². The summed E-state index contributed by atoms with van der Waals surface area (Å²) in [6.45, 7) is 0. The molecule has 0 fully saturated rings. The van der Waals surface area contributed by atoms with Gasteiger partial charge in [-0.1, -0.05) is 35.5 Å². The van der Waals surface area contributed by atoms with E-state index >= 15 is 0 Å². The molecule has 3 heterocycles. The van der Waals surface area contributed by atoms with E-state index in [9.17, 15) is 14.0 Å². The molecule has 2 aromatic carbocycles. The van der Waals surface area contributed by atoms with Gasteiger partial charge in [0.05, 0.1) is 16.5 Å². The smallest absolute Gasteiger partial charge is 0.332 e. The lowest BCUT2D eigenvalue weighted by molar-refractivity contribution is 0.452. The molecule has 8 nitrogen and oxygen atoms in total. The van der Waals surface area contributed by atoms with Crippen molar-refractivity contribution in [2.24, 2.45) is 14.1 Å². The number of hydrogen-bond acceptors (Lipinski definition) is 6. The number of aromatic nitrogens is 4. The van der Waals surface area contributed by atoms with Crippen LogP contribution in [0.5, 0.6) is 0 Å². The van der Waals surface area contributed by atoms with Crippen LogP contribution in [-0.4, -0.2) is 19.3 Å². The molecule has 0 saturated carbocycles. The third-order valence-electron chi connectivity index (χ3n) is 5.38. The van der Waals surface area contributed by atoms with E-state index in [0.717, 1.165) is 10.1 Å². The zero-order valence-corrected chi connectivity index (χ0v) is 16.6. The number of fused-ring (bicyclic) bond motifs is 2. The lowest BCUT2D eigenvalue weighted by atomic mass is 9.96. The molecule has 0 bridgehead atoms. The van der Waals surface area contributed by atoms with Gasteiger partial charge >= 0.3 is 5.69 Å². The fraction of sp³-hybridized carbons (Fsp3) is 0.0909. The molecule has 9 heteroatoms. The van der Waals surface area contributed by atoms with Crippen LogP contribution in [0.4, 0.5) is 10.2 Å². The number of rotatable bonds is 2. The number of pyridine rings is 1. The normalized spacial score (nSPS) is 11.5. The summed E-state index contributed by atoms with van der Waals surface area (Å²) in [5.41, 5.74) is 7.15. The largest absolute Gasteiger partial charge is 0.384 e. The summed E-state index contributed by atoms with van der Waals surface area (Å²) in [6, 6.07) is 13.2.